The molecule has 1 aromatic carbocycles. The Labute approximate surface area is 125 Å². The van der Waals surface area contributed by atoms with Crippen LogP contribution in [0.15, 0.2) is 22.7 Å². The van der Waals surface area contributed by atoms with Crippen LogP contribution in [0.25, 0.3) is 0 Å². The normalized spacial score (nSPS) is 30.9. The van der Waals surface area contributed by atoms with Crippen molar-refractivity contribution >= 4 is 15.9 Å². The first-order valence-electron chi connectivity index (χ1n) is 7.77. The molecule has 0 bridgehead atoms. The first kappa shape index (κ1) is 13.6. The molecule has 1 aromatic rings. The van der Waals surface area contributed by atoms with Gasteiger partial charge in [-0.05, 0) is 61.3 Å². The molecule has 1 N–H and O–H groups in total. The molecule has 104 valence electrons. The Morgan fingerprint density at radius 2 is 2.00 bits per heavy atom. The van der Waals surface area contributed by atoms with Gasteiger partial charge in [-0.2, -0.15) is 0 Å². The standard InChI is InChI=1S/C17H24BrN/c1-12-3-2-4-15(8-5-12)19-17-10-6-13-11-14(18)7-9-16(13)17/h7,9,11-12,15,17,19H,2-6,8,10H2,1H3. The molecular weight excluding hydrogens is 298 g/mol. The summed E-state index contributed by atoms with van der Waals surface area (Å²) in [6.07, 6.45) is 9.46. The average Bonchev–Trinajstić information content (AvgIpc) is 2.65. The lowest BCUT2D eigenvalue weighted by molar-refractivity contribution is 0.392. The van der Waals surface area contributed by atoms with Crippen molar-refractivity contribution in [3.63, 3.8) is 0 Å². The summed E-state index contributed by atoms with van der Waals surface area (Å²) in [6, 6.07) is 8.13. The Balaban J connectivity index is 1.66. The van der Waals surface area contributed by atoms with E-state index in [1.807, 2.05) is 0 Å². The lowest BCUT2D eigenvalue weighted by atomic mass is 10.0. The smallest absolute Gasteiger partial charge is 0.0328 e. The summed E-state index contributed by atoms with van der Waals surface area (Å²) >= 11 is 3.58. The maximum atomic E-state index is 3.94. The minimum absolute atomic E-state index is 0.599. The third kappa shape index (κ3) is 3.22. The van der Waals surface area contributed by atoms with Crippen LogP contribution in [0.1, 0.15) is 62.6 Å². The Hall–Kier alpha value is -0.340. The van der Waals surface area contributed by atoms with Crippen molar-refractivity contribution in [3.05, 3.63) is 33.8 Å². The molecule has 0 heterocycles. The van der Waals surface area contributed by atoms with E-state index in [0.29, 0.717) is 6.04 Å². The van der Waals surface area contributed by atoms with Gasteiger partial charge >= 0.3 is 0 Å². The summed E-state index contributed by atoms with van der Waals surface area (Å²) < 4.78 is 1.22. The van der Waals surface area contributed by atoms with Gasteiger partial charge in [-0.15, -0.1) is 0 Å². The second-order valence-electron chi connectivity index (χ2n) is 6.41. The van der Waals surface area contributed by atoms with Crippen LogP contribution < -0.4 is 5.32 Å². The fourth-order valence-corrected chi connectivity index (χ4v) is 4.11. The molecule has 19 heavy (non-hydrogen) atoms. The minimum Gasteiger partial charge on any atom is -0.307 e. The molecule has 3 rings (SSSR count). The van der Waals surface area contributed by atoms with Crippen molar-refractivity contribution in [3.8, 4) is 0 Å². The van der Waals surface area contributed by atoms with Crippen LogP contribution in [0, 0.1) is 5.92 Å². The second-order valence-corrected chi connectivity index (χ2v) is 7.33. The highest BCUT2D eigenvalue weighted by atomic mass is 79.9. The second kappa shape index (κ2) is 5.97. The highest BCUT2D eigenvalue weighted by Gasteiger charge is 2.25. The van der Waals surface area contributed by atoms with Crippen LogP contribution in [0.4, 0.5) is 0 Å². The number of rotatable bonds is 2. The van der Waals surface area contributed by atoms with Gasteiger partial charge in [0.15, 0.2) is 0 Å². The molecule has 0 radical (unpaired) electrons. The van der Waals surface area contributed by atoms with Crippen molar-refractivity contribution in [2.45, 2.75) is 64.0 Å². The Morgan fingerprint density at radius 1 is 1.11 bits per heavy atom. The van der Waals surface area contributed by atoms with Crippen LogP contribution in [-0.4, -0.2) is 6.04 Å². The molecule has 0 aromatic heterocycles. The topological polar surface area (TPSA) is 12.0 Å². The number of hydrogen-bond acceptors (Lipinski definition) is 1. The number of hydrogen-bond donors (Lipinski definition) is 1. The fourth-order valence-electron chi connectivity index (χ4n) is 3.70. The summed E-state index contributed by atoms with van der Waals surface area (Å²) in [6.45, 7) is 2.41. The molecule has 0 spiro atoms. The van der Waals surface area contributed by atoms with Gasteiger partial charge in [-0.1, -0.05) is 41.8 Å². The monoisotopic (exact) mass is 321 g/mol. The molecule has 0 saturated heterocycles. The van der Waals surface area contributed by atoms with Crippen molar-refractivity contribution in [1.82, 2.24) is 5.32 Å². The third-order valence-corrected chi connectivity index (χ3v) is 5.37. The molecule has 3 atom stereocenters. The zero-order valence-electron chi connectivity index (χ0n) is 11.8. The number of aryl methyl sites for hydroxylation is 1. The maximum absolute atomic E-state index is 3.94. The summed E-state index contributed by atoms with van der Waals surface area (Å²) in [5, 5.41) is 3.94. The molecule has 2 heteroatoms. The van der Waals surface area contributed by atoms with E-state index in [2.05, 4.69) is 46.4 Å². The van der Waals surface area contributed by atoms with Gasteiger partial charge in [0.1, 0.15) is 0 Å². The lowest BCUT2D eigenvalue weighted by Gasteiger charge is -2.22. The molecular formula is C17H24BrN. The van der Waals surface area contributed by atoms with Crippen molar-refractivity contribution in [2.75, 3.05) is 0 Å². The minimum atomic E-state index is 0.599. The van der Waals surface area contributed by atoms with E-state index in [-0.39, 0.29) is 0 Å². The van der Waals surface area contributed by atoms with Crippen LogP contribution in [-0.2, 0) is 6.42 Å². The third-order valence-electron chi connectivity index (χ3n) is 4.88. The van der Waals surface area contributed by atoms with Gasteiger partial charge in [0.25, 0.3) is 0 Å². The van der Waals surface area contributed by atoms with Gasteiger partial charge in [0.2, 0.25) is 0 Å². The molecule has 2 aliphatic carbocycles. The molecule has 1 nitrogen and oxygen atoms in total. The van der Waals surface area contributed by atoms with Gasteiger partial charge < -0.3 is 5.32 Å². The van der Waals surface area contributed by atoms with Crippen LogP contribution in [0.5, 0.6) is 0 Å². The van der Waals surface area contributed by atoms with Crippen molar-refractivity contribution in [2.24, 2.45) is 5.92 Å². The van der Waals surface area contributed by atoms with Crippen LogP contribution in [0.2, 0.25) is 0 Å². The van der Waals surface area contributed by atoms with E-state index in [1.54, 1.807) is 5.56 Å². The quantitative estimate of drug-likeness (QED) is 0.756. The van der Waals surface area contributed by atoms with E-state index in [1.165, 1.54) is 55.0 Å². The van der Waals surface area contributed by atoms with Gasteiger partial charge in [0, 0.05) is 16.6 Å². The van der Waals surface area contributed by atoms with E-state index in [0.717, 1.165) is 12.0 Å². The van der Waals surface area contributed by atoms with Crippen LogP contribution in [0.3, 0.4) is 0 Å². The van der Waals surface area contributed by atoms with Crippen molar-refractivity contribution < 1.29 is 0 Å². The van der Waals surface area contributed by atoms with Gasteiger partial charge in [-0.3, -0.25) is 0 Å². The Bertz CT molecular complexity index is 443. The molecule has 0 aliphatic heterocycles. The van der Waals surface area contributed by atoms with Crippen LogP contribution >= 0.6 is 15.9 Å². The van der Waals surface area contributed by atoms with Gasteiger partial charge in [0.05, 0.1) is 0 Å². The fraction of sp³-hybridized carbons (Fsp3) is 0.647. The largest absolute Gasteiger partial charge is 0.307 e. The number of fused-ring (bicyclic) bond motifs is 1. The predicted octanol–water partition coefficient (Wildman–Crippen LogP) is 4.99. The highest BCUT2D eigenvalue weighted by Crippen LogP contribution is 2.34. The maximum Gasteiger partial charge on any atom is 0.0328 e. The predicted molar refractivity (Wildman–Crippen MR) is 84.4 cm³/mol. The molecule has 3 unspecified atom stereocenters. The van der Waals surface area contributed by atoms with E-state index in [9.17, 15) is 0 Å². The number of halogens is 1. The summed E-state index contributed by atoms with van der Waals surface area (Å²) in [5.74, 6) is 0.929. The summed E-state index contributed by atoms with van der Waals surface area (Å²) in [7, 11) is 0. The molecule has 2 aliphatic rings. The van der Waals surface area contributed by atoms with E-state index < -0.39 is 0 Å². The zero-order valence-corrected chi connectivity index (χ0v) is 13.4. The van der Waals surface area contributed by atoms with Gasteiger partial charge in [-0.25, -0.2) is 0 Å². The highest BCUT2D eigenvalue weighted by molar-refractivity contribution is 9.10. The number of benzene rings is 1. The zero-order chi connectivity index (χ0) is 13.2. The molecule has 1 fully saturated rings. The van der Waals surface area contributed by atoms with Crippen molar-refractivity contribution in [1.29, 1.82) is 0 Å². The SMILES string of the molecule is CC1CCCC(NC2CCc3cc(Br)ccc32)CC1. The first-order valence-corrected chi connectivity index (χ1v) is 8.56. The first-order chi connectivity index (χ1) is 9.22. The van der Waals surface area contributed by atoms with E-state index in [4.69, 9.17) is 0 Å². The molecule has 0 amide bonds. The van der Waals surface area contributed by atoms with E-state index >= 15 is 0 Å². The summed E-state index contributed by atoms with van der Waals surface area (Å²) in [4.78, 5) is 0. The summed E-state index contributed by atoms with van der Waals surface area (Å²) in [5.41, 5.74) is 3.08. The lowest BCUT2D eigenvalue weighted by Crippen LogP contribution is -2.31. The average molecular weight is 322 g/mol. The molecule has 1 saturated carbocycles. The Morgan fingerprint density at radius 3 is 2.89 bits per heavy atom. The number of nitrogens with one attached hydrogen (secondary N) is 1. The Kier molecular flexibility index (Phi) is 4.28.